The van der Waals surface area contributed by atoms with E-state index in [1.807, 2.05) is 30.2 Å². The van der Waals surface area contributed by atoms with Crippen molar-refractivity contribution in [3.8, 4) is 0 Å². The second-order valence-electron chi connectivity index (χ2n) is 6.49. The lowest BCUT2D eigenvalue weighted by Crippen LogP contribution is -2.45. The van der Waals surface area contributed by atoms with Gasteiger partial charge >= 0.3 is 0 Å². The Balaban J connectivity index is 1.42. The average molecular weight is 287 g/mol. The van der Waals surface area contributed by atoms with Gasteiger partial charge in [-0.2, -0.15) is 0 Å². The van der Waals surface area contributed by atoms with E-state index in [0.29, 0.717) is 12.5 Å². The van der Waals surface area contributed by atoms with Crippen LogP contribution in [0.4, 0.5) is 0 Å². The molecule has 0 spiro atoms. The van der Waals surface area contributed by atoms with E-state index in [4.69, 9.17) is 0 Å². The van der Waals surface area contributed by atoms with Crippen LogP contribution < -0.4 is 5.32 Å². The number of aryl methyl sites for hydroxylation is 1. The molecule has 0 aromatic carbocycles. The molecule has 1 saturated carbocycles. The summed E-state index contributed by atoms with van der Waals surface area (Å²) in [6.45, 7) is 4.92. The number of aromatic nitrogens is 1. The minimum absolute atomic E-state index is 0.237. The molecule has 1 amide bonds. The van der Waals surface area contributed by atoms with Crippen LogP contribution in [-0.4, -0.2) is 41.5 Å². The van der Waals surface area contributed by atoms with E-state index in [1.165, 1.54) is 19.4 Å². The standard InChI is InChI=1S/C17H25N3O/c1-13-2-3-15(12-18-13)10-17(21)20-8-6-16(7-9-20)19-11-14-4-5-14/h2-3,12,14,16,19H,4-11H2,1H3. The lowest BCUT2D eigenvalue weighted by molar-refractivity contribution is -0.131. The van der Waals surface area contributed by atoms with E-state index < -0.39 is 0 Å². The number of carbonyl (C=O) groups excluding carboxylic acids is 1. The number of likely N-dealkylation sites (tertiary alicyclic amines) is 1. The van der Waals surface area contributed by atoms with E-state index in [2.05, 4.69) is 10.3 Å². The summed E-state index contributed by atoms with van der Waals surface area (Å²) in [6.07, 6.45) is 7.27. The first-order valence-corrected chi connectivity index (χ1v) is 8.13. The minimum Gasteiger partial charge on any atom is -0.342 e. The molecule has 2 heterocycles. The number of rotatable bonds is 5. The molecule has 0 unspecified atom stereocenters. The van der Waals surface area contributed by atoms with Crippen LogP contribution in [0.3, 0.4) is 0 Å². The normalized spacial score (nSPS) is 19.8. The van der Waals surface area contributed by atoms with Gasteiger partial charge in [-0.3, -0.25) is 9.78 Å². The quantitative estimate of drug-likeness (QED) is 0.900. The molecule has 114 valence electrons. The van der Waals surface area contributed by atoms with Crippen molar-refractivity contribution < 1.29 is 4.79 Å². The molecular formula is C17H25N3O. The predicted molar refractivity (Wildman–Crippen MR) is 83.0 cm³/mol. The van der Waals surface area contributed by atoms with E-state index in [0.717, 1.165) is 43.1 Å². The summed E-state index contributed by atoms with van der Waals surface area (Å²) in [4.78, 5) is 18.6. The van der Waals surface area contributed by atoms with Crippen LogP contribution in [0, 0.1) is 12.8 Å². The first-order chi connectivity index (χ1) is 10.2. The maximum Gasteiger partial charge on any atom is 0.227 e. The molecule has 1 aliphatic heterocycles. The van der Waals surface area contributed by atoms with Crippen LogP contribution in [0.15, 0.2) is 18.3 Å². The molecule has 0 bridgehead atoms. The van der Waals surface area contributed by atoms with Crippen molar-refractivity contribution in [2.75, 3.05) is 19.6 Å². The third kappa shape index (κ3) is 4.27. The molecule has 1 aromatic rings. The van der Waals surface area contributed by atoms with Gasteiger partial charge in [0.05, 0.1) is 6.42 Å². The summed E-state index contributed by atoms with van der Waals surface area (Å²) in [6, 6.07) is 4.58. The maximum absolute atomic E-state index is 12.3. The number of hydrogen-bond donors (Lipinski definition) is 1. The highest BCUT2D eigenvalue weighted by Crippen LogP contribution is 2.28. The topological polar surface area (TPSA) is 45.2 Å². The lowest BCUT2D eigenvalue weighted by Gasteiger charge is -2.32. The molecule has 1 N–H and O–H groups in total. The smallest absolute Gasteiger partial charge is 0.227 e. The Morgan fingerprint density at radius 3 is 2.67 bits per heavy atom. The monoisotopic (exact) mass is 287 g/mol. The molecule has 4 nitrogen and oxygen atoms in total. The molecule has 1 aliphatic carbocycles. The molecule has 21 heavy (non-hydrogen) atoms. The highest BCUT2D eigenvalue weighted by molar-refractivity contribution is 5.78. The third-order valence-corrected chi connectivity index (χ3v) is 4.57. The SMILES string of the molecule is Cc1ccc(CC(=O)N2CCC(NCC3CC3)CC2)cn1. The number of piperidine rings is 1. The summed E-state index contributed by atoms with van der Waals surface area (Å²) in [5.74, 6) is 1.17. The highest BCUT2D eigenvalue weighted by atomic mass is 16.2. The van der Waals surface area contributed by atoms with E-state index in [1.54, 1.807) is 0 Å². The van der Waals surface area contributed by atoms with Crippen LogP contribution in [0.25, 0.3) is 0 Å². The zero-order chi connectivity index (χ0) is 14.7. The Morgan fingerprint density at radius 1 is 1.29 bits per heavy atom. The van der Waals surface area contributed by atoms with Crippen LogP contribution in [0.2, 0.25) is 0 Å². The van der Waals surface area contributed by atoms with E-state index >= 15 is 0 Å². The van der Waals surface area contributed by atoms with Crippen molar-refractivity contribution in [3.05, 3.63) is 29.6 Å². The first-order valence-electron chi connectivity index (χ1n) is 8.13. The fraction of sp³-hybridized carbons (Fsp3) is 0.647. The van der Waals surface area contributed by atoms with Crippen LogP contribution >= 0.6 is 0 Å². The fourth-order valence-corrected chi connectivity index (χ4v) is 2.88. The number of nitrogens with one attached hydrogen (secondary N) is 1. The Hall–Kier alpha value is -1.42. The summed E-state index contributed by atoms with van der Waals surface area (Å²) in [5, 5.41) is 3.65. The van der Waals surface area contributed by atoms with Crippen molar-refractivity contribution in [1.29, 1.82) is 0 Å². The van der Waals surface area contributed by atoms with Gasteiger partial charge in [-0.15, -0.1) is 0 Å². The Morgan fingerprint density at radius 2 is 2.05 bits per heavy atom. The highest BCUT2D eigenvalue weighted by Gasteiger charge is 2.25. The summed E-state index contributed by atoms with van der Waals surface area (Å²) in [7, 11) is 0. The van der Waals surface area contributed by atoms with Gasteiger partial charge in [0, 0.05) is 31.0 Å². The van der Waals surface area contributed by atoms with Crippen molar-refractivity contribution in [2.24, 2.45) is 5.92 Å². The summed E-state index contributed by atoms with van der Waals surface area (Å²) in [5.41, 5.74) is 2.01. The van der Waals surface area contributed by atoms with Gasteiger partial charge in [-0.25, -0.2) is 0 Å². The molecule has 3 rings (SSSR count). The van der Waals surface area contributed by atoms with Gasteiger partial charge in [0.2, 0.25) is 5.91 Å². The van der Waals surface area contributed by atoms with Gasteiger partial charge in [0.25, 0.3) is 0 Å². The second-order valence-corrected chi connectivity index (χ2v) is 6.49. The largest absolute Gasteiger partial charge is 0.342 e. The van der Waals surface area contributed by atoms with E-state index in [-0.39, 0.29) is 5.91 Å². The van der Waals surface area contributed by atoms with E-state index in [9.17, 15) is 4.79 Å². The van der Waals surface area contributed by atoms with Crippen LogP contribution in [-0.2, 0) is 11.2 Å². The first kappa shape index (κ1) is 14.5. The molecule has 0 radical (unpaired) electrons. The number of carbonyl (C=O) groups is 1. The molecule has 0 atom stereocenters. The molecular weight excluding hydrogens is 262 g/mol. The van der Waals surface area contributed by atoms with Gasteiger partial charge in [0.15, 0.2) is 0 Å². The summed E-state index contributed by atoms with van der Waals surface area (Å²) < 4.78 is 0. The number of hydrogen-bond acceptors (Lipinski definition) is 3. The molecule has 2 fully saturated rings. The predicted octanol–water partition coefficient (Wildman–Crippen LogP) is 1.92. The lowest BCUT2D eigenvalue weighted by atomic mass is 10.0. The zero-order valence-corrected chi connectivity index (χ0v) is 12.8. The zero-order valence-electron chi connectivity index (χ0n) is 12.8. The second kappa shape index (κ2) is 6.56. The fourth-order valence-electron chi connectivity index (χ4n) is 2.88. The number of pyridine rings is 1. The van der Waals surface area contributed by atoms with Crippen LogP contribution in [0.5, 0.6) is 0 Å². The van der Waals surface area contributed by atoms with Crippen LogP contribution in [0.1, 0.15) is 36.9 Å². The van der Waals surface area contributed by atoms with Crippen molar-refractivity contribution in [3.63, 3.8) is 0 Å². The Bertz CT molecular complexity index is 473. The Kier molecular flexibility index (Phi) is 4.54. The minimum atomic E-state index is 0.237. The van der Waals surface area contributed by atoms with Crippen molar-refractivity contribution >= 4 is 5.91 Å². The van der Waals surface area contributed by atoms with Crippen molar-refractivity contribution in [2.45, 2.75) is 45.1 Å². The maximum atomic E-state index is 12.3. The third-order valence-electron chi connectivity index (χ3n) is 4.57. The molecule has 4 heteroatoms. The average Bonchev–Trinajstić information content (AvgIpc) is 3.32. The Labute approximate surface area is 126 Å². The number of amides is 1. The van der Waals surface area contributed by atoms with Gasteiger partial charge in [0.1, 0.15) is 0 Å². The molecule has 1 aromatic heterocycles. The van der Waals surface area contributed by atoms with Gasteiger partial charge in [-0.05, 0) is 56.7 Å². The van der Waals surface area contributed by atoms with Gasteiger partial charge in [-0.1, -0.05) is 6.07 Å². The van der Waals surface area contributed by atoms with Crippen molar-refractivity contribution in [1.82, 2.24) is 15.2 Å². The molecule has 2 aliphatic rings. The number of nitrogens with zero attached hydrogens (tertiary/aromatic N) is 2. The summed E-state index contributed by atoms with van der Waals surface area (Å²) >= 11 is 0. The molecule has 1 saturated heterocycles. The van der Waals surface area contributed by atoms with Gasteiger partial charge < -0.3 is 10.2 Å².